The first-order valence-electron chi connectivity index (χ1n) is 10.9. The summed E-state index contributed by atoms with van der Waals surface area (Å²) in [6.07, 6.45) is 3.72. The number of Topliss-reactive ketones (excluding diaryl/α,β-unsaturated/α-hetero) is 1. The van der Waals surface area contributed by atoms with Crippen molar-refractivity contribution in [1.29, 1.82) is 0 Å². The first-order valence-corrected chi connectivity index (χ1v) is 10.9. The SMILES string of the molecule is CC1(C)CC(C(=O)[C@H](Cc2ccccc2)C[C@H]2CO2)[C@H]2c3ccccc3C[C@H]2O1. The molecule has 0 amide bonds. The van der Waals surface area contributed by atoms with Gasteiger partial charge in [-0.2, -0.15) is 0 Å². The second kappa shape index (κ2) is 7.37. The lowest BCUT2D eigenvalue weighted by atomic mass is 9.70. The summed E-state index contributed by atoms with van der Waals surface area (Å²) in [5.74, 6) is 0.620. The summed E-state index contributed by atoms with van der Waals surface area (Å²) in [6, 6.07) is 19.0. The Labute approximate surface area is 173 Å². The van der Waals surface area contributed by atoms with Crippen LogP contribution >= 0.6 is 0 Å². The molecular formula is C26H30O3. The molecule has 2 fully saturated rings. The van der Waals surface area contributed by atoms with E-state index in [-0.39, 0.29) is 35.6 Å². The number of ether oxygens (including phenoxy) is 2. The highest BCUT2D eigenvalue weighted by Gasteiger charge is 2.50. The molecule has 1 aliphatic carbocycles. The van der Waals surface area contributed by atoms with Crippen LogP contribution in [-0.2, 0) is 27.1 Å². The molecule has 2 saturated heterocycles. The number of carbonyl (C=O) groups is 1. The van der Waals surface area contributed by atoms with Crippen molar-refractivity contribution in [2.75, 3.05) is 6.61 Å². The predicted molar refractivity (Wildman–Crippen MR) is 113 cm³/mol. The molecule has 2 aliphatic heterocycles. The lowest BCUT2D eigenvalue weighted by molar-refractivity contribution is -0.154. The average molecular weight is 391 g/mol. The smallest absolute Gasteiger partial charge is 0.140 e. The maximum Gasteiger partial charge on any atom is 0.140 e. The summed E-state index contributed by atoms with van der Waals surface area (Å²) < 4.78 is 12.0. The van der Waals surface area contributed by atoms with E-state index in [4.69, 9.17) is 9.47 Å². The fourth-order valence-corrected chi connectivity index (χ4v) is 5.60. The van der Waals surface area contributed by atoms with Crippen LogP contribution in [0.2, 0.25) is 0 Å². The van der Waals surface area contributed by atoms with E-state index in [1.54, 1.807) is 0 Å². The topological polar surface area (TPSA) is 38.8 Å². The Morgan fingerprint density at radius 1 is 1.10 bits per heavy atom. The first-order chi connectivity index (χ1) is 14.0. The predicted octanol–water partition coefficient (Wildman–Crippen LogP) is 4.73. The maximum atomic E-state index is 14.0. The molecule has 29 heavy (non-hydrogen) atoms. The molecule has 0 spiro atoms. The maximum absolute atomic E-state index is 14.0. The van der Waals surface area contributed by atoms with Crippen molar-refractivity contribution in [3.63, 3.8) is 0 Å². The molecule has 0 saturated carbocycles. The van der Waals surface area contributed by atoms with Gasteiger partial charge in [0.05, 0.1) is 24.4 Å². The van der Waals surface area contributed by atoms with Crippen LogP contribution in [0.4, 0.5) is 0 Å². The number of ketones is 1. The zero-order valence-corrected chi connectivity index (χ0v) is 17.3. The Morgan fingerprint density at radius 3 is 2.59 bits per heavy atom. The fourth-order valence-electron chi connectivity index (χ4n) is 5.60. The Kier molecular flexibility index (Phi) is 4.84. The van der Waals surface area contributed by atoms with Crippen molar-refractivity contribution in [3.8, 4) is 0 Å². The van der Waals surface area contributed by atoms with Crippen LogP contribution in [-0.4, -0.2) is 30.2 Å². The van der Waals surface area contributed by atoms with Gasteiger partial charge in [-0.3, -0.25) is 4.79 Å². The number of carbonyl (C=O) groups excluding carboxylic acids is 1. The molecule has 3 aliphatic rings. The molecule has 0 aromatic heterocycles. The van der Waals surface area contributed by atoms with E-state index in [1.807, 2.05) is 6.07 Å². The lowest BCUT2D eigenvalue weighted by Gasteiger charge is -2.44. The molecule has 3 nitrogen and oxygen atoms in total. The normalized spacial score (nSPS) is 30.3. The largest absolute Gasteiger partial charge is 0.373 e. The van der Waals surface area contributed by atoms with Gasteiger partial charge in [0, 0.05) is 17.8 Å². The Hall–Kier alpha value is -1.97. The molecule has 0 bridgehead atoms. The number of fused-ring (bicyclic) bond motifs is 3. The quantitative estimate of drug-likeness (QED) is 0.670. The second-order valence-corrected chi connectivity index (χ2v) is 9.64. The molecule has 0 N–H and O–H groups in total. The molecule has 0 radical (unpaired) electrons. The summed E-state index contributed by atoms with van der Waals surface area (Å²) in [5, 5.41) is 0. The zero-order valence-electron chi connectivity index (χ0n) is 17.3. The number of hydrogen-bond acceptors (Lipinski definition) is 3. The zero-order chi connectivity index (χ0) is 20.0. The Morgan fingerprint density at radius 2 is 1.83 bits per heavy atom. The van der Waals surface area contributed by atoms with E-state index in [0.717, 1.165) is 32.3 Å². The third kappa shape index (κ3) is 3.91. The van der Waals surface area contributed by atoms with Gasteiger partial charge < -0.3 is 9.47 Å². The summed E-state index contributed by atoms with van der Waals surface area (Å²) in [6.45, 7) is 5.08. The summed E-state index contributed by atoms with van der Waals surface area (Å²) in [7, 11) is 0. The van der Waals surface area contributed by atoms with Gasteiger partial charge >= 0.3 is 0 Å². The Balaban J connectivity index is 1.46. The van der Waals surface area contributed by atoms with Crippen LogP contribution in [0.15, 0.2) is 54.6 Å². The second-order valence-electron chi connectivity index (χ2n) is 9.64. The van der Waals surface area contributed by atoms with Crippen LogP contribution in [0.25, 0.3) is 0 Å². The van der Waals surface area contributed by atoms with Crippen LogP contribution in [0.3, 0.4) is 0 Å². The minimum absolute atomic E-state index is 0.0113. The number of benzene rings is 2. The van der Waals surface area contributed by atoms with Crippen molar-refractivity contribution in [3.05, 3.63) is 71.3 Å². The highest BCUT2D eigenvalue weighted by molar-refractivity contribution is 5.85. The number of epoxide rings is 1. The van der Waals surface area contributed by atoms with Crippen LogP contribution < -0.4 is 0 Å². The van der Waals surface area contributed by atoms with E-state index in [2.05, 4.69) is 62.4 Å². The van der Waals surface area contributed by atoms with E-state index in [1.165, 1.54) is 16.7 Å². The van der Waals surface area contributed by atoms with Crippen molar-refractivity contribution in [1.82, 2.24) is 0 Å². The van der Waals surface area contributed by atoms with Crippen LogP contribution in [0, 0.1) is 11.8 Å². The molecule has 2 aromatic rings. The van der Waals surface area contributed by atoms with E-state index < -0.39 is 0 Å². The highest BCUT2D eigenvalue weighted by atomic mass is 16.6. The molecule has 152 valence electrons. The van der Waals surface area contributed by atoms with Crippen molar-refractivity contribution in [2.24, 2.45) is 11.8 Å². The van der Waals surface area contributed by atoms with Crippen molar-refractivity contribution >= 4 is 5.78 Å². The molecule has 5 atom stereocenters. The Bertz CT molecular complexity index is 884. The van der Waals surface area contributed by atoms with E-state index in [9.17, 15) is 4.79 Å². The molecule has 1 unspecified atom stereocenters. The van der Waals surface area contributed by atoms with Crippen molar-refractivity contribution in [2.45, 2.75) is 63.3 Å². The minimum atomic E-state index is -0.267. The molecular weight excluding hydrogens is 360 g/mol. The summed E-state index contributed by atoms with van der Waals surface area (Å²) >= 11 is 0. The molecule has 2 heterocycles. The third-order valence-electron chi connectivity index (χ3n) is 6.89. The van der Waals surface area contributed by atoms with Gasteiger partial charge in [0.25, 0.3) is 0 Å². The molecule has 5 rings (SSSR count). The van der Waals surface area contributed by atoms with Gasteiger partial charge in [-0.1, -0.05) is 54.6 Å². The van der Waals surface area contributed by atoms with Gasteiger partial charge in [-0.25, -0.2) is 0 Å². The first kappa shape index (κ1) is 19.0. The highest BCUT2D eigenvalue weighted by Crippen LogP contribution is 2.50. The average Bonchev–Trinajstić information content (AvgIpc) is 3.44. The molecule has 2 aromatic carbocycles. The summed E-state index contributed by atoms with van der Waals surface area (Å²) in [4.78, 5) is 14.0. The van der Waals surface area contributed by atoms with Crippen LogP contribution in [0.5, 0.6) is 0 Å². The third-order valence-corrected chi connectivity index (χ3v) is 6.89. The van der Waals surface area contributed by atoms with Gasteiger partial charge in [0.15, 0.2) is 0 Å². The van der Waals surface area contributed by atoms with Gasteiger partial charge in [0.1, 0.15) is 5.78 Å². The number of hydrogen-bond donors (Lipinski definition) is 0. The lowest BCUT2D eigenvalue weighted by Crippen LogP contribution is -2.47. The van der Waals surface area contributed by atoms with Gasteiger partial charge in [0.2, 0.25) is 0 Å². The standard InChI is InChI=1S/C26H30O3/c1-26(2)15-22(24-21-11-7-6-10-18(21)14-23(24)29-26)25(27)19(13-20-16-28-20)12-17-8-4-3-5-9-17/h3-11,19-20,22-24H,12-16H2,1-2H3/t19-,20+,22?,23-,24-/m1/s1. The summed E-state index contributed by atoms with van der Waals surface area (Å²) in [5.41, 5.74) is 3.65. The van der Waals surface area contributed by atoms with Crippen molar-refractivity contribution < 1.29 is 14.3 Å². The van der Waals surface area contributed by atoms with E-state index in [0.29, 0.717) is 5.78 Å². The minimum Gasteiger partial charge on any atom is -0.373 e. The molecule has 3 heteroatoms. The fraction of sp³-hybridized carbons (Fsp3) is 0.500. The number of rotatable bonds is 6. The monoisotopic (exact) mass is 390 g/mol. The van der Waals surface area contributed by atoms with Crippen LogP contribution in [0.1, 0.15) is 49.3 Å². The van der Waals surface area contributed by atoms with Gasteiger partial charge in [-0.05, 0) is 56.2 Å². The van der Waals surface area contributed by atoms with E-state index >= 15 is 0 Å². The van der Waals surface area contributed by atoms with Gasteiger partial charge in [-0.15, -0.1) is 0 Å².